The van der Waals surface area contributed by atoms with E-state index in [0.717, 1.165) is 24.1 Å². The molecule has 1 amide bonds. The van der Waals surface area contributed by atoms with Crippen LogP contribution in [0.25, 0.3) is 0 Å². The molecule has 7 heteroatoms. The Balaban J connectivity index is 2.55. The predicted octanol–water partition coefficient (Wildman–Crippen LogP) is 3.89. The summed E-state index contributed by atoms with van der Waals surface area (Å²) in [4.78, 5) is 13.5. The summed E-state index contributed by atoms with van der Waals surface area (Å²) >= 11 is 0. The first kappa shape index (κ1) is 17.9. The van der Waals surface area contributed by atoms with Crippen LogP contribution in [0.5, 0.6) is 0 Å². The third-order valence-corrected chi connectivity index (χ3v) is 3.71. The van der Waals surface area contributed by atoms with Gasteiger partial charge in [0.2, 0.25) is 0 Å². The van der Waals surface area contributed by atoms with Crippen molar-refractivity contribution in [3.8, 4) is 0 Å². The van der Waals surface area contributed by atoms with Crippen LogP contribution in [-0.4, -0.2) is 26.2 Å². The highest BCUT2D eigenvalue weighted by molar-refractivity contribution is 6.00. The lowest BCUT2D eigenvalue weighted by Gasteiger charge is -2.36. The molecule has 3 nitrogen and oxygen atoms in total. The van der Waals surface area contributed by atoms with Crippen LogP contribution in [0.15, 0.2) is 54.6 Å². The van der Waals surface area contributed by atoms with Crippen LogP contribution in [-0.2, 0) is 15.1 Å². The maximum Gasteiger partial charge on any atom is 0.430 e. The molecule has 1 unspecified atom stereocenters. The standard InChI is InChI=1S/C17H15F4NO2/c1-22(14-10-8-13(18)9-11-14)15(23)16(24-2,17(19,20)21)12-6-4-3-5-7-12/h3-11H,1-2H3. The molecular formula is C17H15F4NO2. The number of ether oxygens (including phenoxy) is 1. The number of benzene rings is 2. The zero-order chi connectivity index (χ0) is 18.0. The van der Waals surface area contributed by atoms with Gasteiger partial charge in [0.25, 0.3) is 11.5 Å². The van der Waals surface area contributed by atoms with Crippen LogP contribution >= 0.6 is 0 Å². The number of likely N-dealkylation sites (N-methyl/N-ethyl adjacent to an activating group) is 1. The summed E-state index contributed by atoms with van der Waals surface area (Å²) in [5, 5.41) is 0. The lowest BCUT2D eigenvalue weighted by atomic mass is 9.91. The van der Waals surface area contributed by atoms with Crippen molar-refractivity contribution < 1.29 is 27.1 Å². The molecule has 2 aromatic carbocycles. The number of hydrogen-bond acceptors (Lipinski definition) is 2. The fourth-order valence-electron chi connectivity index (χ4n) is 2.42. The van der Waals surface area contributed by atoms with Gasteiger partial charge in [-0.1, -0.05) is 30.3 Å². The Labute approximate surface area is 136 Å². The van der Waals surface area contributed by atoms with E-state index >= 15 is 0 Å². The molecule has 128 valence electrons. The van der Waals surface area contributed by atoms with E-state index in [1.807, 2.05) is 0 Å². The highest BCUT2D eigenvalue weighted by atomic mass is 19.4. The number of alkyl halides is 3. The topological polar surface area (TPSA) is 29.5 Å². The number of amides is 1. The highest BCUT2D eigenvalue weighted by Gasteiger charge is 2.63. The summed E-state index contributed by atoms with van der Waals surface area (Å²) < 4.78 is 59.2. The Morgan fingerprint density at radius 1 is 1.00 bits per heavy atom. The van der Waals surface area contributed by atoms with Gasteiger partial charge in [-0.15, -0.1) is 0 Å². The largest absolute Gasteiger partial charge is 0.430 e. The van der Waals surface area contributed by atoms with Gasteiger partial charge >= 0.3 is 6.18 Å². The SMILES string of the molecule is COC(C(=O)N(C)c1ccc(F)cc1)(c1ccccc1)C(F)(F)F. The minimum atomic E-state index is -4.99. The number of halogens is 4. The molecule has 24 heavy (non-hydrogen) atoms. The molecule has 0 aromatic heterocycles. The minimum Gasteiger partial charge on any atom is -0.356 e. The molecular weight excluding hydrogens is 326 g/mol. The molecule has 0 aliphatic rings. The Hall–Kier alpha value is -2.41. The number of methoxy groups -OCH3 is 1. The van der Waals surface area contributed by atoms with E-state index in [2.05, 4.69) is 0 Å². The van der Waals surface area contributed by atoms with E-state index in [1.54, 1.807) is 0 Å². The molecule has 0 fully saturated rings. The maximum atomic E-state index is 13.8. The van der Waals surface area contributed by atoms with Gasteiger partial charge in [0.1, 0.15) is 5.82 Å². The lowest BCUT2D eigenvalue weighted by Crippen LogP contribution is -2.56. The fraction of sp³-hybridized carbons (Fsp3) is 0.235. The molecule has 0 spiro atoms. The molecule has 0 heterocycles. The summed E-state index contributed by atoms with van der Waals surface area (Å²) in [6.07, 6.45) is -4.99. The van der Waals surface area contributed by atoms with Crippen LogP contribution in [0, 0.1) is 5.82 Å². The molecule has 0 N–H and O–H groups in total. The van der Waals surface area contributed by atoms with Crippen molar-refractivity contribution in [3.63, 3.8) is 0 Å². The number of carbonyl (C=O) groups excluding carboxylic acids is 1. The second-order valence-electron chi connectivity index (χ2n) is 5.09. The number of hydrogen-bond donors (Lipinski definition) is 0. The lowest BCUT2D eigenvalue weighted by molar-refractivity contribution is -0.264. The van der Waals surface area contributed by atoms with Crippen LogP contribution < -0.4 is 4.90 Å². The van der Waals surface area contributed by atoms with Gasteiger partial charge in [-0.2, -0.15) is 13.2 Å². The fourth-order valence-corrected chi connectivity index (χ4v) is 2.42. The Bertz CT molecular complexity index is 701. The molecule has 0 radical (unpaired) electrons. The average molecular weight is 341 g/mol. The van der Waals surface area contributed by atoms with Crippen molar-refractivity contribution >= 4 is 11.6 Å². The quantitative estimate of drug-likeness (QED) is 0.790. The summed E-state index contributed by atoms with van der Waals surface area (Å²) in [6.45, 7) is 0. The molecule has 0 bridgehead atoms. The van der Waals surface area contributed by atoms with E-state index in [1.165, 1.54) is 49.5 Å². The first-order valence-electron chi connectivity index (χ1n) is 6.95. The normalized spacial score (nSPS) is 14.1. The van der Waals surface area contributed by atoms with E-state index in [4.69, 9.17) is 4.74 Å². The van der Waals surface area contributed by atoms with E-state index in [0.29, 0.717) is 0 Å². The molecule has 1 atom stereocenters. The average Bonchev–Trinajstić information content (AvgIpc) is 2.55. The zero-order valence-corrected chi connectivity index (χ0v) is 13.0. The third kappa shape index (κ3) is 2.99. The van der Waals surface area contributed by atoms with E-state index in [9.17, 15) is 22.4 Å². The monoisotopic (exact) mass is 341 g/mol. The van der Waals surface area contributed by atoms with Gasteiger partial charge in [-0.05, 0) is 24.3 Å². The Morgan fingerprint density at radius 2 is 1.54 bits per heavy atom. The number of carbonyl (C=O) groups is 1. The zero-order valence-electron chi connectivity index (χ0n) is 13.0. The smallest absolute Gasteiger partial charge is 0.356 e. The van der Waals surface area contributed by atoms with Crippen molar-refractivity contribution in [2.45, 2.75) is 11.8 Å². The van der Waals surface area contributed by atoms with Crippen LogP contribution in [0.4, 0.5) is 23.2 Å². The summed E-state index contributed by atoms with van der Waals surface area (Å²) in [5.41, 5.74) is -3.38. The van der Waals surface area contributed by atoms with Crippen molar-refractivity contribution in [2.75, 3.05) is 19.1 Å². The molecule has 0 aliphatic heterocycles. The maximum absolute atomic E-state index is 13.8. The second-order valence-corrected chi connectivity index (χ2v) is 5.09. The van der Waals surface area contributed by atoms with Crippen molar-refractivity contribution in [1.29, 1.82) is 0 Å². The molecule has 0 aliphatic carbocycles. The van der Waals surface area contributed by atoms with E-state index in [-0.39, 0.29) is 11.3 Å². The minimum absolute atomic E-state index is 0.114. The summed E-state index contributed by atoms with van der Waals surface area (Å²) in [5.74, 6) is -1.88. The number of nitrogens with zero attached hydrogens (tertiary/aromatic N) is 1. The molecule has 2 rings (SSSR count). The molecule has 2 aromatic rings. The Kier molecular flexibility index (Phi) is 4.94. The van der Waals surface area contributed by atoms with Gasteiger partial charge < -0.3 is 9.64 Å². The van der Waals surface area contributed by atoms with Crippen LogP contribution in [0.1, 0.15) is 5.56 Å². The van der Waals surface area contributed by atoms with Crippen molar-refractivity contribution in [2.24, 2.45) is 0 Å². The predicted molar refractivity (Wildman–Crippen MR) is 81.0 cm³/mol. The number of anilines is 1. The first-order chi connectivity index (χ1) is 11.2. The van der Waals surface area contributed by atoms with Crippen molar-refractivity contribution in [1.82, 2.24) is 0 Å². The third-order valence-electron chi connectivity index (χ3n) is 3.71. The second kappa shape index (κ2) is 6.60. The van der Waals surface area contributed by atoms with Gasteiger partial charge in [0.15, 0.2) is 0 Å². The highest BCUT2D eigenvalue weighted by Crippen LogP contribution is 2.43. The van der Waals surface area contributed by atoms with Crippen LogP contribution in [0.2, 0.25) is 0 Å². The number of rotatable bonds is 4. The first-order valence-corrected chi connectivity index (χ1v) is 6.95. The summed E-state index contributed by atoms with van der Waals surface area (Å²) in [7, 11) is 2.01. The van der Waals surface area contributed by atoms with Crippen molar-refractivity contribution in [3.05, 3.63) is 66.0 Å². The van der Waals surface area contributed by atoms with Gasteiger partial charge in [0, 0.05) is 25.4 Å². The Morgan fingerprint density at radius 3 is 2.00 bits per heavy atom. The van der Waals surface area contributed by atoms with Gasteiger partial charge in [-0.25, -0.2) is 4.39 Å². The summed E-state index contributed by atoms with van der Waals surface area (Å²) in [6, 6.07) is 11.2. The molecule has 0 saturated carbocycles. The van der Waals surface area contributed by atoms with Crippen LogP contribution in [0.3, 0.4) is 0 Å². The van der Waals surface area contributed by atoms with E-state index < -0.39 is 23.5 Å². The van der Waals surface area contributed by atoms with Gasteiger partial charge in [0.05, 0.1) is 0 Å². The molecule has 0 saturated heterocycles. The van der Waals surface area contributed by atoms with Gasteiger partial charge in [-0.3, -0.25) is 4.79 Å².